The molecule has 10 rings (SSSR count). The number of hydrogen-bond donors (Lipinski definition) is 0. The molecule has 0 unspecified atom stereocenters. The van der Waals surface area contributed by atoms with Gasteiger partial charge in [-0.2, -0.15) is 0 Å². The van der Waals surface area contributed by atoms with Crippen LogP contribution in [0.2, 0.25) is 0 Å². The maximum Gasteiger partial charge on any atom is 0.0634 e. The Kier molecular flexibility index (Phi) is 5.16. The molecule has 4 heterocycles. The van der Waals surface area contributed by atoms with E-state index in [2.05, 4.69) is 154 Å². The molecule has 210 valence electrons. The first-order chi connectivity index (χ1) is 22.3. The number of pyridine rings is 1. The third kappa shape index (κ3) is 3.48. The van der Waals surface area contributed by atoms with Crippen LogP contribution in [0.5, 0.6) is 0 Å². The largest absolute Gasteiger partial charge is 0.309 e. The van der Waals surface area contributed by atoms with Crippen molar-refractivity contribution in [1.29, 1.82) is 0 Å². The maximum atomic E-state index is 4.53. The molecule has 0 spiro atoms. The summed E-state index contributed by atoms with van der Waals surface area (Å²) in [6.45, 7) is 0. The number of nitrogens with zero attached hydrogens (tertiary/aromatic N) is 3. The molecule has 0 radical (unpaired) electrons. The molecule has 10 aromatic rings. The zero-order valence-electron chi connectivity index (χ0n) is 24.2. The van der Waals surface area contributed by atoms with Gasteiger partial charge in [0.05, 0.1) is 22.1 Å². The summed E-state index contributed by atoms with van der Waals surface area (Å²) in [4.78, 5) is 4.53. The van der Waals surface area contributed by atoms with Crippen LogP contribution in [0, 0.1) is 0 Å². The van der Waals surface area contributed by atoms with E-state index in [0.717, 1.165) is 5.69 Å². The van der Waals surface area contributed by atoms with E-state index in [4.69, 9.17) is 0 Å². The molecular weight excluding hydrogens is 567 g/mol. The average Bonchev–Trinajstić information content (AvgIpc) is 3.76. The Morgan fingerprint density at radius 2 is 1.13 bits per heavy atom. The third-order valence-electron chi connectivity index (χ3n) is 9.19. The minimum Gasteiger partial charge on any atom is -0.309 e. The maximum absolute atomic E-state index is 4.53. The second-order valence-electron chi connectivity index (χ2n) is 11.6. The highest BCUT2D eigenvalue weighted by Gasteiger charge is 2.22. The van der Waals surface area contributed by atoms with Gasteiger partial charge >= 0.3 is 0 Å². The molecule has 0 bridgehead atoms. The highest BCUT2D eigenvalue weighted by atomic mass is 32.1. The topological polar surface area (TPSA) is 22.8 Å². The number of para-hydroxylation sites is 2. The van der Waals surface area contributed by atoms with Gasteiger partial charge in [-0.1, -0.05) is 84.9 Å². The molecule has 3 nitrogen and oxygen atoms in total. The molecule has 0 saturated heterocycles. The molecule has 0 aliphatic rings. The van der Waals surface area contributed by atoms with Gasteiger partial charge in [-0.05, 0) is 65.7 Å². The molecule has 0 atom stereocenters. The Hall–Kier alpha value is -5.71. The highest BCUT2D eigenvalue weighted by molar-refractivity contribution is 7.27. The van der Waals surface area contributed by atoms with Crippen molar-refractivity contribution in [1.82, 2.24) is 14.1 Å². The van der Waals surface area contributed by atoms with Gasteiger partial charge in [-0.15, -0.1) is 11.3 Å². The van der Waals surface area contributed by atoms with E-state index in [1.165, 1.54) is 80.6 Å². The summed E-state index contributed by atoms with van der Waals surface area (Å²) in [5, 5.41) is 7.57. The Morgan fingerprint density at radius 1 is 0.467 bits per heavy atom. The number of fused-ring (bicyclic) bond motifs is 11. The van der Waals surface area contributed by atoms with Crippen molar-refractivity contribution in [3.05, 3.63) is 152 Å². The number of benzene rings is 6. The lowest BCUT2D eigenvalue weighted by Crippen LogP contribution is -1.93. The van der Waals surface area contributed by atoms with Gasteiger partial charge in [0, 0.05) is 65.5 Å². The fraction of sp³-hybridized carbons (Fsp3) is 0. The standard InChI is InChI=1S/C41H25N3S/c1-4-10-26(11-5-1)27-16-19-34-32(24-27)38-36(43(34)28-12-6-2-7-13-28)20-17-31-39-37(45-41(31)38)21-18-30-33-25-42-23-22-35(33)44(40(30)39)29-14-8-3-9-15-29/h1-25H. The molecular formula is C41H25N3S. The summed E-state index contributed by atoms with van der Waals surface area (Å²) in [5.74, 6) is 0. The van der Waals surface area contributed by atoms with Gasteiger partial charge in [0.25, 0.3) is 0 Å². The predicted molar refractivity (Wildman–Crippen MR) is 191 cm³/mol. The van der Waals surface area contributed by atoms with Crippen molar-refractivity contribution in [2.45, 2.75) is 0 Å². The van der Waals surface area contributed by atoms with Gasteiger partial charge in [0.15, 0.2) is 0 Å². The van der Waals surface area contributed by atoms with Gasteiger partial charge in [-0.3, -0.25) is 4.98 Å². The van der Waals surface area contributed by atoms with Crippen molar-refractivity contribution in [2.75, 3.05) is 0 Å². The van der Waals surface area contributed by atoms with Crippen LogP contribution in [0.4, 0.5) is 0 Å². The van der Waals surface area contributed by atoms with E-state index in [9.17, 15) is 0 Å². The van der Waals surface area contributed by atoms with Crippen LogP contribution in [-0.4, -0.2) is 14.1 Å². The number of rotatable bonds is 3. The summed E-state index contributed by atoms with van der Waals surface area (Å²) in [5.41, 5.74) is 9.64. The first kappa shape index (κ1) is 24.7. The molecule has 0 aliphatic heterocycles. The molecule has 0 fully saturated rings. The minimum absolute atomic E-state index is 1.16. The minimum atomic E-state index is 1.16. The van der Waals surface area contributed by atoms with Crippen LogP contribution in [0.15, 0.2) is 152 Å². The van der Waals surface area contributed by atoms with Gasteiger partial charge < -0.3 is 9.13 Å². The lowest BCUT2D eigenvalue weighted by molar-refractivity contribution is 1.18. The van der Waals surface area contributed by atoms with E-state index in [1.807, 2.05) is 23.7 Å². The summed E-state index contributed by atoms with van der Waals surface area (Å²) in [6, 6.07) is 50.5. The monoisotopic (exact) mass is 591 g/mol. The zero-order chi connectivity index (χ0) is 29.5. The SMILES string of the molecule is c1ccc(-c2ccc3c(c2)c2c4sc5ccc6c7cnccc7n(-c7ccccc7)c6c5c4ccc2n3-c2ccccc2)cc1. The van der Waals surface area contributed by atoms with E-state index >= 15 is 0 Å². The second-order valence-corrected chi connectivity index (χ2v) is 12.7. The lowest BCUT2D eigenvalue weighted by Gasteiger charge is -2.09. The Balaban J connectivity index is 1.39. The summed E-state index contributed by atoms with van der Waals surface area (Å²) < 4.78 is 7.46. The van der Waals surface area contributed by atoms with Crippen LogP contribution in [0.25, 0.3) is 86.3 Å². The molecule has 45 heavy (non-hydrogen) atoms. The van der Waals surface area contributed by atoms with Crippen LogP contribution in [0.3, 0.4) is 0 Å². The van der Waals surface area contributed by atoms with Crippen LogP contribution < -0.4 is 0 Å². The molecule has 0 aliphatic carbocycles. The number of hydrogen-bond acceptors (Lipinski definition) is 2. The van der Waals surface area contributed by atoms with Crippen LogP contribution >= 0.6 is 11.3 Å². The Morgan fingerprint density at radius 3 is 1.91 bits per heavy atom. The van der Waals surface area contributed by atoms with Crippen molar-refractivity contribution >= 4 is 75.1 Å². The second kappa shape index (κ2) is 9.39. The average molecular weight is 592 g/mol. The van der Waals surface area contributed by atoms with E-state index < -0.39 is 0 Å². The normalized spacial score (nSPS) is 12.0. The third-order valence-corrected chi connectivity index (χ3v) is 10.4. The zero-order valence-corrected chi connectivity index (χ0v) is 25.0. The van der Waals surface area contributed by atoms with Gasteiger partial charge in [0.2, 0.25) is 0 Å². The molecule has 0 amide bonds. The Bertz CT molecular complexity index is 2730. The quantitative estimate of drug-likeness (QED) is 0.200. The van der Waals surface area contributed by atoms with Crippen LogP contribution in [-0.2, 0) is 0 Å². The van der Waals surface area contributed by atoms with Crippen molar-refractivity contribution in [3.8, 4) is 22.5 Å². The molecule has 0 N–H and O–H groups in total. The van der Waals surface area contributed by atoms with E-state index in [0.29, 0.717) is 0 Å². The highest BCUT2D eigenvalue weighted by Crippen LogP contribution is 2.47. The van der Waals surface area contributed by atoms with Crippen molar-refractivity contribution < 1.29 is 0 Å². The first-order valence-corrected chi connectivity index (χ1v) is 16.0. The number of aromatic nitrogens is 3. The van der Waals surface area contributed by atoms with Crippen molar-refractivity contribution in [2.24, 2.45) is 0 Å². The van der Waals surface area contributed by atoms with Crippen molar-refractivity contribution in [3.63, 3.8) is 0 Å². The molecule has 6 aromatic carbocycles. The number of thiophene rings is 1. The molecule has 4 aromatic heterocycles. The lowest BCUT2D eigenvalue weighted by atomic mass is 10.0. The summed E-state index contributed by atoms with van der Waals surface area (Å²) >= 11 is 1.90. The summed E-state index contributed by atoms with van der Waals surface area (Å²) in [7, 11) is 0. The van der Waals surface area contributed by atoms with E-state index in [-0.39, 0.29) is 0 Å². The van der Waals surface area contributed by atoms with Crippen LogP contribution in [0.1, 0.15) is 0 Å². The smallest absolute Gasteiger partial charge is 0.0634 e. The fourth-order valence-electron chi connectivity index (χ4n) is 7.28. The van der Waals surface area contributed by atoms with Gasteiger partial charge in [-0.25, -0.2) is 0 Å². The fourth-order valence-corrected chi connectivity index (χ4v) is 8.54. The first-order valence-electron chi connectivity index (χ1n) is 15.2. The molecule has 0 saturated carbocycles. The van der Waals surface area contributed by atoms with E-state index in [1.54, 1.807) is 0 Å². The Labute approximate surface area is 262 Å². The summed E-state index contributed by atoms with van der Waals surface area (Å²) in [6.07, 6.45) is 3.91. The molecule has 4 heteroatoms. The predicted octanol–water partition coefficient (Wildman–Crippen LogP) is 11.3. The van der Waals surface area contributed by atoms with Gasteiger partial charge in [0.1, 0.15) is 0 Å².